The molecule has 0 aromatic heterocycles. The van der Waals surface area contributed by atoms with Gasteiger partial charge in [0.05, 0.1) is 0 Å². The van der Waals surface area contributed by atoms with Gasteiger partial charge in [0.15, 0.2) is 0 Å². The molecule has 0 atom stereocenters. The predicted octanol–water partition coefficient (Wildman–Crippen LogP) is 7.45. The summed E-state index contributed by atoms with van der Waals surface area (Å²) in [7, 11) is 0. The van der Waals surface area contributed by atoms with Crippen molar-refractivity contribution in [2.24, 2.45) is 0 Å². The number of ether oxygens (including phenoxy) is 2. The van der Waals surface area contributed by atoms with Crippen LogP contribution in [0.2, 0.25) is 0 Å². The highest BCUT2D eigenvalue weighted by molar-refractivity contribution is 5.53. The highest BCUT2D eigenvalue weighted by Crippen LogP contribution is 2.34. The lowest BCUT2D eigenvalue weighted by molar-refractivity contribution is 0.458. The Morgan fingerprint density at radius 3 is 1.39 bits per heavy atom. The van der Waals surface area contributed by atoms with Gasteiger partial charge in [0.25, 0.3) is 0 Å². The summed E-state index contributed by atoms with van der Waals surface area (Å²) in [6, 6.07) is 12.8. The summed E-state index contributed by atoms with van der Waals surface area (Å²) >= 11 is 0. The first-order valence-corrected chi connectivity index (χ1v) is 8.72. The first kappa shape index (κ1) is 19.4. The van der Waals surface area contributed by atoms with Crippen LogP contribution in [0.1, 0.15) is 22.3 Å². The molecule has 0 aliphatic rings. The first-order valence-electron chi connectivity index (χ1n) is 8.72. The molecular formula is C24H20F2O2. The van der Waals surface area contributed by atoms with Crippen LogP contribution in [0.5, 0.6) is 23.0 Å². The normalized spacial score (nSPS) is 10.4. The van der Waals surface area contributed by atoms with Gasteiger partial charge in [0.2, 0.25) is 0 Å². The van der Waals surface area contributed by atoms with Crippen molar-refractivity contribution < 1.29 is 18.3 Å². The molecule has 4 heteroatoms. The minimum Gasteiger partial charge on any atom is -0.457 e. The molecule has 3 aromatic rings. The summed E-state index contributed by atoms with van der Waals surface area (Å²) in [5, 5.41) is 0. The summed E-state index contributed by atoms with van der Waals surface area (Å²) in [5.74, 6) is 1.16. The highest BCUT2D eigenvalue weighted by atomic mass is 19.1. The topological polar surface area (TPSA) is 18.5 Å². The fourth-order valence-corrected chi connectivity index (χ4v) is 2.71. The van der Waals surface area contributed by atoms with E-state index in [-0.39, 0.29) is 0 Å². The molecule has 3 rings (SSSR count). The Labute approximate surface area is 163 Å². The largest absolute Gasteiger partial charge is 0.457 e. The zero-order chi connectivity index (χ0) is 20.3. The summed E-state index contributed by atoms with van der Waals surface area (Å²) < 4.78 is 39.5. The fraction of sp³-hybridized carbons (Fsp3) is 0.0833. The maximum atomic E-state index is 13.9. The lowest BCUT2D eigenvalue weighted by Crippen LogP contribution is -1.94. The van der Waals surface area contributed by atoms with E-state index in [4.69, 9.17) is 9.47 Å². The van der Waals surface area contributed by atoms with E-state index in [0.717, 1.165) is 11.1 Å². The van der Waals surface area contributed by atoms with E-state index < -0.39 is 11.6 Å². The van der Waals surface area contributed by atoms with Gasteiger partial charge in [-0.25, -0.2) is 8.78 Å². The van der Waals surface area contributed by atoms with Gasteiger partial charge in [0, 0.05) is 23.3 Å². The van der Waals surface area contributed by atoms with Crippen LogP contribution in [0, 0.1) is 25.5 Å². The second kappa shape index (κ2) is 8.09. The Balaban J connectivity index is 1.84. The predicted molar refractivity (Wildman–Crippen MR) is 109 cm³/mol. The molecule has 0 saturated heterocycles. The van der Waals surface area contributed by atoms with Crippen molar-refractivity contribution in [1.29, 1.82) is 0 Å². The Kier molecular flexibility index (Phi) is 5.59. The molecular weight excluding hydrogens is 358 g/mol. The van der Waals surface area contributed by atoms with Crippen molar-refractivity contribution in [2.75, 3.05) is 0 Å². The molecule has 0 heterocycles. The van der Waals surface area contributed by atoms with Gasteiger partial charge in [-0.15, -0.1) is 0 Å². The van der Waals surface area contributed by atoms with Crippen molar-refractivity contribution in [1.82, 2.24) is 0 Å². The smallest absolute Gasteiger partial charge is 0.134 e. The van der Waals surface area contributed by atoms with Crippen molar-refractivity contribution >= 4 is 12.2 Å². The molecule has 0 aliphatic heterocycles. The molecule has 0 saturated carbocycles. The molecule has 0 spiro atoms. The maximum Gasteiger partial charge on any atom is 0.134 e. The van der Waals surface area contributed by atoms with E-state index in [9.17, 15) is 8.78 Å². The summed E-state index contributed by atoms with van der Waals surface area (Å²) in [6.07, 6.45) is 2.90. The van der Waals surface area contributed by atoms with Crippen LogP contribution in [-0.4, -0.2) is 0 Å². The van der Waals surface area contributed by atoms with Crippen LogP contribution in [0.15, 0.2) is 61.7 Å². The van der Waals surface area contributed by atoms with Crippen LogP contribution in [0.25, 0.3) is 12.2 Å². The number of rotatable bonds is 6. The van der Waals surface area contributed by atoms with Gasteiger partial charge >= 0.3 is 0 Å². The lowest BCUT2D eigenvalue weighted by Gasteiger charge is -2.14. The minimum absolute atomic E-state index is 0.390. The van der Waals surface area contributed by atoms with E-state index >= 15 is 0 Å². The quantitative estimate of drug-likeness (QED) is 0.443. The van der Waals surface area contributed by atoms with Crippen LogP contribution < -0.4 is 9.47 Å². The van der Waals surface area contributed by atoms with Crippen molar-refractivity contribution in [2.45, 2.75) is 13.8 Å². The second-order valence-corrected chi connectivity index (χ2v) is 6.36. The molecule has 3 aromatic carbocycles. The molecule has 0 amide bonds. The third-order valence-corrected chi connectivity index (χ3v) is 4.31. The molecule has 0 unspecified atom stereocenters. The summed E-state index contributed by atoms with van der Waals surface area (Å²) in [6.45, 7) is 10.9. The fourth-order valence-electron chi connectivity index (χ4n) is 2.71. The summed E-state index contributed by atoms with van der Waals surface area (Å²) in [4.78, 5) is 0. The van der Waals surface area contributed by atoms with E-state index in [1.54, 1.807) is 36.4 Å². The van der Waals surface area contributed by atoms with Crippen LogP contribution in [-0.2, 0) is 0 Å². The number of hydrogen-bond acceptors (Lipinski definition) is 2. The molecule has 28 heavy (non-hydrogen) atoms. The van der Waals surface area contributed by atoms with E-state index in [0.29, 0.717) is 34.1 Å². The monoisotopic (exact) mass is 378 g/mol. The average Bonchev–Trinajstić information content (AvgIpc) is 2.66. The maximum absolute atomic E-state index is 13.9. The van der Waals surface area contributed by atoms with E-state index in [1.807, 2.05) is 13.8 Å². The average molecular weight is 378 g/mol. The van der Waals surface area contributed by atoms with Crippen LogP contribution >= 0.6 is 0 Å². The molecule has 0 fully saturated rings. The first-order chi connectivity index (χ1) is 13.4. The molecule has 2 nitrogen and oxygen atoms in total. The number of halogens is 2. The zero-order valence-corrected chi connectivity index (χ0v) is 15.8. The standard InChI is InChI=1S/C24H20F2O2/c1-5-17-7-9-19(13-21(17)25)27-23-11-16(4)24(12-15(23)3)28-20-10-8-18(6-2)22(26)14-20/h5-14H,1-2H2,3-4H3. The van der Waals surface area contributed by atoms with Crippen LogP contribution in [0.3, 0.4) is 0 Å². The lowest BCUT2D eigenvalue weighted by atomic mass is 10.1. The minimum atomic E-state index is -0.396. The van der Waals surface area contributed by atoms with Gasteiger partial charge in [-0.1, -0.05) is 25.3 Å². The molecule has 0 aliphatic carbocycles. The molecule has 0 N–H and O–H groups in total. The molecule has 142 valence electrons. The van der Waals surface area contributed by atoms with Gasteiger partial charge in [-0.3, -0.25) is 0 Å². The van der Waals surface area contributed by atoms with Crippen LogP contribution in [0.4, 0.5) is 8.78 Å². The summed E-state index contributed by atoms with van der Waals surface area (Å²) in [5.41, 5.74) is 2.44. The number of benzene rings is 3. The number of aryl methyl sites for hydroxylation is 2. The highest BCUT2D eigenvalue weighted by Gasteiger charge is 2.11. The number of hydrogen-bond donors (Lipinski definition) is 0. The van der Waals surface area contributed by atoms with Gasteiger partial charge in [-0.05, 0) is 61.4 Å². The SMILES string of the molecule is C=Cc1ccc(Oc2cc(C)c(Oc3ccc(C=C)c(F)c3)cc2C)cc1F. The van der Waals surface area contributed by atoms with Gasteiger partial charge in [0.1, 0.15) is 34.6 Å². The Bertz CT molecular complexity index is 969. The van der Waals surface area contributed by atoms with Gasteiger partial charge < -0.3 is 9.47 Å². The third kappa shape index (κ3) is 4.12. The molecule has 0 radical (unpaired) electrons. The van der Waals surface area contributed by atoms with E-state index in [1.165, 1.54) is 24.3 Å². The second-order valence-electron chi connectivity index (χ2n) is 6.36. The Morgan fingerprint density at radius 2 is 1.07 bits per heavy atom. The van der Waals surface area contributed by atoms with Crippen molar-refractivity contribution in [3.05, 3.63) is 95.6 Å². The van der Waals surface area contributed by atoms with Crippen molar-refractivity contribution in [3.63, 3.8) is 0 Å². The molecule has 0 bridgehead atoms. The Morgan fingerprint density at radius 1 is 0.679 bits per heavy atom. The van der Waals surface area contributed by atoms with Gasteiger partial charge in [-0.2, -0.15) is 0 Å². The van der Waals surface area contributed by atoms with E-state index in [2.05, 4.69) is 13.2 Å². The Hall–Kier alpha value is -3.40. The zero-order valence-electron chi connectivity index (χ0n) is 15.8. The third-order valence-electron chi connectivity index (χ3n) is 4.31. The van der Waals surface area contributed by atoms with Crippen molar-refractivity contribution in [3.8, 4) is 23.0 Å².